The van der Waals surface area contributed by atoms with Crippen LogP contribution in [0.1, 0.15) is 56.4 Å². The average molecular weight is 399 g/mol. The molecule has 1 aromatic rings. The van der Waals surface area contributed by atoms with Crippen LogP contribution in [0.25, 0.3) is 0 Å². The summed E-state index contributed by atoms with van der Waals surface area (Å²) in [6.07, 6.45) is 8.80. The van der Waals surface area contributed by atoms with Crippen LogP contribution in [0.3, 0.4) is 0 Å². The van der Waals surface area contributed by atoms with Crippen LogP contribution >= 0.6 is 0 Å². The molecule has 3 fully saturated rings. The Hall–Kier alpha value is -2.51. The standard InChI is InChI=1S/C21H29N5O3/c1-15(2)13-26-20(29)25(14-16-4-3-5-16)19(28)21(26)6-10-24(11-7-21)18(27)17-12-22-8-9-23-17/h8-9,12,15-16H,3-7,10-11,13-14H2,1-2H3. The van der Waals surface area contributed by atoms with Gasteiger partial charge in [0.2, 0.25) is 0 Å². The number of piperidine rings is 1. The van der Waals surface area contributed by atoms with Gasteiger partial charge in [0.05, 0.1) is 6.20 Å². The van der Waals surface area contributed by atoms with Crippen molar-refractivity contribution in [1.82, 2.24) is 24.7 Å². The van der Waals surface area contributed by atoms with E-state index in [1.165, 1.54) is 29.9 Å². The van der Waals surface area contributed by atoms with Crippen molar-refractivity contribution >= 4 is 17.8 Å². The summed E-state index contributed by atoms with van der Waals surface area (Å²) < 4.78 is 0. The number of aromatic nitrogens is 2. The van der Waals surface area contributed by atoms with E-state index in [0.29, 0.717) is 50.6 Å². The Morgan fingerprint density at radius 1 is 1.21 bits per heavy atom. The summed E-state index contributed by atoms with van der Waals surface area (Å²) in [5, 5.41) is 0. The SMILES string of the molecule is CC(C)CN1C(=O)N(CC2CCC2)C(=O)C12CCN(C(=O)c1cnccn1)CC2. The number of amides is 4. The monoisotopic (exact) mass is 399 g/mol. The molecule has 3 aliphatic rings. The van der Waals surface area contributed by atoms with Gasteiger partial charge in [-0.15, -0.1) is 0 Å². The summed E-state index contributed by atoms with van der Waals surface area (Å²) in [5.74, 6) is 0.469. The second kappa shape index (κ2) is 7.72. The van der Waals surface area contributed by atoms with Crippen LogP contribution in [0, 0.1) is 11.8 Å². The fraction of sp³-hybridized carbons (Fsp3) is 0.667. The van der Waals surface area contributed by atoms with Gasteiger partial charge in [0.15, 0.2) is 0 Å². The molecule has 1 spiro atoms. The third-order valence-corrected chi connectivity index (χ3v) is 6.50. The number of hydrogen-bond acceptors (Lipinski definition) is 5. The van der Waals surface area contributed by atoms with E-state index in [-0.39, 0.29) is 23.8 Å². The highest BCUT2D eigenvalue weighted by atomic mass is 16.2. The van der Waals surface area contributed by atoms with E-state index in [0.717, 1.165) is 12.8 Å². The predicted molar refractivity (Wildman–Crippen MR) is 106 cm³/mol. The van der Waals surface area contributed by atoms with Gasteiger partial charge in [-0.3, -0.25) is 19.5 Å². The lowest BCUT2D eigenvalue weighted by atomic mass is 9.83. The molecule has 0 N–H and O–H groups in total. The van der Waals surface area contributed by atoms with E-state index in [1.807, 2.05) is 0 Å². The van der Waals surface area contributed by atoms with Crippen LogP contribution in [-0.4, -0.2) is 74.2 Å². The lowest BCUT2D eigenvalue weighted by molar-refractivity contribution is -0.136. The first-order valence-corrected chi connectivity index (χ1v) is 10.6. The second-order valence-corrected chi connectivity index (χ2v) is 8.91. The maximum Gasteiger partial charge on any atom is 0.327 e. The molecule has 3 heterocycles. The first-order chi connectivity index (χ1) is 13.9. The fourth-order valence-corrected chi connectivity index (χ4v) is 4.63. The molecular formula is C21H29N5O3. The Morgan fingerprint density at radius 3 is 2.48 bits per heavy atom. The van der Waals surface area contributed by atoms with Gasteiger partial charge in [0.1, 0.15) is 11.2 Å². The van der Waals surface area contributed by atoms with Crippen molar-refractivity contribution in [2.45, 2.75) is 51.5 Å². The molecule has 156 valence electrons. The van der Waals surface area contributed by atoms with Gasteiger partial charge in [-0.2, -0.15) is 0 Å². The van der Waals surface area contributed by atoms with Crippen LogP contribution in [0.2, 0.25) is 0 Å². The van der Waals surface area contributed by atoms with Crippen molar-refractivity contribution in [3.05, 3.63) is 24.3 Å². The van der Waals surface area contributed by atoms with Gasteiger partial charge < -0.3 is 9.80 Å². The van der Waals surface area contributed by atoms with Gasteiger partial charge in [-0.1, -0.05) is 20.3 Å². The molecule has 0 unspecified atom stereocenters. The molecule has 2 saturated heterocycles. The highest BCUT2D eigenvalue weighted by Crippen LogP contribution is 2.39. The zero-order chi connectivity index (χ0) is 20.6. The van der Waals surface area contributed by atoms with Crippen LogP contribution in [0.4, 0.5) is 4.79 Å². The largest absolute Gasteiger partial charge is 0.337 e. The third-order valence-electron chi connectivity index (χ3n) is 6.50. The highest BCUT2D eigenvalue weighted by molar-refractivity contribution is 6.07. The molecule has 0 aromatic carbocycles. The molecule has 4 rings (SSSR count). The topological polar surface area (TPSA) is 86.7 Å². The van der Waals surface area contributed by atoms with Crippen molar-refractivity contribution in [1.29, 1.82) is 0 Å². The molecule has 1 aliphatic carbocycles. The summed E-state index contributed by atoms with van der Waals surface area (Å²) in [6, 6.07) is -0.149. The lowest BCUT2D eigenvalue weighted by Crippen LogP contribution is -2.58. The number of urea groups is 1. The quantitative estimate of drug-likeness (QED) is 0.708. The molecule has 29 heavy (non-hydrogen) atoms. The van der Waals surface area contributed by atoms with E-state index >= 15 is 0 Å². The minimum Gasteiger partial charge on any atom is -0.337 e. The normalized spacial score (nSPS) is 22.0. The van der Waals surface area contributed by atoms with Crippen molar-refractivity contribution in [2.75, 3.05) is 26.2 Å². The maximum atomic E-state index is 13.4. The lowest BCUT2D eigenvalue weighted by Gasteiger charge is -2.42. The first kappa shape index (κ1) is 19.8. The molecule has 0 bridgehead atoms. The maximum absolute atomic E-state index is 13.4. The van der Waals surface area contributed by atoms with Crippen LogP contribution < -0.4 is 0 Å². The Morgan fingerprint density at radius 2 is 1.93 bits per heavy atom. The van der Waals surface area contributed by atoms with Gasteiger partial charge in [0, 0.05) is 38.6 Å². The molecule has 8 heteroatoms. The summed E-state index contributed by atoms with van der Waals surface area (Å²) >= 11 is 0. The van der Waals surface area contributed by atoms with Crippen molar-refractivity contribution in [2.24, 2.45) is 11.8 Å². The van der Waals surface area contributed by atoms with Crippen molar-refractivity contribution in [3.8, 4) is 0 Å². The summed E-state index contributed by atoms with van der Waals surface area (Å²) in [4.78, 5) is 52.4. The number of likely N-dealkylation sites (tertiary alicyclic amines) is 1. The van der Waals surface area contributed by atoms with Crippen LogP contribution in [0.15, 0.2) is 18.6 Å². The summed E-state index contributed by atoms with van der Waals surface area (Å²) in [5.41, 5.74) is -0.507. The third kappa shape index (κ3) is 3.49. The minimum atomic E-state index is -0.815. The van der Waals surface area contributed by atoms with E-state index in [1.54, 1.807) is 9.80 Å². The van der Waals surface area contributed by atoms with E-state index in [2.05, 4.69) is 23.8 Å². The van der Waals surface area contributed by atoms with Crippen LogP contribution in [0.5, 0.6) is 0 Å². The molecular weight excluding hydrogens is 370 g/mol. The Bertz CT molecular complexity index is 785. The average Bonchev–Trinajstić information content (AvgIpc) is 2.87. The fourth-order valence-electron chi connectivity index (χ4n) is 4.63. The second-order valence-electron chi connectivity index (χ2n) is 8.91. The molecule has 2 aliphatic heterocycles. The van der Waals surface area contributed by atoms with Gasteiger partial charge in [0.25, 0.3) is 11.8 Å². The van der Waals surface area contributed by atoms with E-state index in [9.17, 15) is 14.4 Å². The smallest absolute Gasteiger partial charge is 0.327 e. The van der Waals surface area contributed by atoms with Crippen molar-refractivity contribution in [3.63, 3.8) is 0 Å². The molecule has 0 atom stereocenters. The first-order valence-electron chi connectivity index (χ1n) is 10.6. The van der Waals surface area contributed by atoms with Gasteiger partial charge in [-0.25, -0.2) is 9.78 Å². The number of carbonyl (C=O) groups excluding carboxylic acids is 3. The number of carbonyl (C=O) groups is 3. The molecule has 4 amide bonds. The Kier molecular flexibility index (Phi) is 5.27. The number of nitrogens with zero attached hydrogens (tertiary/aromatic N) is 5. The van der Waals surface area contributed by atoms with E-state index in [4.69, 9.17) is 0 Å². The zero-order valence-electron chi connectivity index (χ0n) is 17.2. The molecule has 1 saturated carbocycles. The Balaban J connectivity index is 1.52. The molecule has 0 radical (unpaired) electrons. The summed E-state index contributed by atoms with van der Waals surface area (Å²) in [6.45, 7) is 6.08. The molecule has 8 nitrogen and oxygen atoms in total. The van der Waals surface area contributed by atoms with Gasteiger partial charge >= 0.3 is 6.03 Å². The Labute approximate surface area is 171 Å². The van der Waals surface area contributed by atoms with Gasteiger partial charge in [-0.05, 0) is 37.5 Å². The summed E-state index contributed by atoms with van der Waals surface area (Å²) in [7, 11) is 0. The number of rotatable bonds is 5. The van der Waals surface area contributed by atoms with Crippen LogP contribution in [-0.2, 0) is 4.79 Å². The minimum absolute atomic E-state index is 0.0679. The highest BCUT2D eigenvalue weighted by Gasteiger charge is 2.58. The number of hydrogen-bond donors (Lipinski definition) is 0. The van der Waals surface area contributed by atoms with E-state index < -0.39 is 5.54 Å². The molecule has 1 aromatic heterocycles. The predicted octanol–water partition coefficient (Wildman–Crippen LogP) is 2.17. The zero-order valence-corrected chi connectivity index (χ0v) is 17.2. The van der Waals surface area contributed by atoms with Crippen molar-refractivity contribution < 1.29 is 14.4 Å². The number of imide groups is 1.